The van der Waals surface area contributed by atoms with Crippen LogP contribution in [-0.2, 0) is 13.0 Å². The van der Waals surface area contributed by atoms with Crippen molar-refractivity contribution in [2.45, 2.75) is 39.3 Å². The first kappa shape index (κ1) is 13.7. The molecular weight excluding hydrogens is 243 g/mol. The first-order chi connectivity index (χ1) is 9.11. The van der Waals surface area contributed by atoms with Crippen LogP contribution in [0.3, 0.4) is 0 Å². The van der Waals surface area contributed by atoms with Crippen molar-refractivity contribution in [3.05, 3.63) is 53.1 Å². The molecule has 0 aliphatic rings. The Kier molecular flexibility index (Phi) is 4.32. The molecule has 2 rings (SSSR count). The number of aryl methyl sites for hydroxylation is 2. The van der Waals surface area contributed by atoms with Crippen molar-refractivity contribution < 1.29 is 9.50 Å². The number of aliphatic hydroxyl groups excluding tert-OH is 1. The standard InChI is InChI=1S/C15H19FN2O/c1-3-8-18-14(6-7-17-18)15(19)10-12-4-5-13(16)9-11(12)2/h4-7,9,15,19H,3,8,10H2,1-2H3. The van der Waals surface area contributed by atoms with Gasteiger partial charge in [-0.1, -0.05) is 13.0 Å². The van der Waals surface area contributed by atoms with Crippen molar-refractivity contribution in [1.29, 1.82) is 0 Å². The molecule has 0 radical (unpaired) electrons. The topological polar surface area (TPSA) is 38.0 Å². The maximum Gasteiger partial charge on any atom is 0.123 e. The molecular formula is C15H19FN2O. The molecule has 2 aromatic rings. The van der Waals surface area contributed by atoms with Gasteiger partial charge in [0.1, 0.15) is 5.82 Å². The fraction of sp³-hybridized carbons (Fsp3) is 0.400. The van der Waals surface area contributed by atoms with Crippen molar-refractivity contribution in [2.24, 2.45) is 0 Å². The average molecular weight is 262 g/mol. The quantitative estimate of drug-likeness (QED) is 0.899. The molecule has 0 aliphatic carbocycles. The summed E-state index contributed by atoms with van der Waals surface area (Å²) >= 11 is 0. The first-order valence-corrected chi connectivity index (χ1v) is 6.56. The largest absolute Gasteiger partial charge is 0.386 e. The molecule has 3 nitrogen and oxygen atoms in total. The highest BCUT2D eigenvalue weighted by molar-refractivity contribution is 5.28. The lowest BCUT2D eigenvalue weighted by Gasteiger charge is -2.14. The van der Waals surface area contributed by atoms with E-state index >= 15 is 0 Å². The van der Waals surface area contributed by atoms with E-state index in [-0.39, 0.29) is 5.82 Å². The SMILES string of the molecule is CCCn1nccc1C(O)Cc1ccc(F)cc1C. The number of benzene rings is 1. The van der Waals surface area contributed by atoms with Gasteiger partial charge < -0.3 is 5.11 Å². The van der Waals surface area contributed by atoms with Gasteiger partial charge in [0.25, 0.3) is 0 Å². The number of halogens is 1. The lowest BCUT2D eigenvalue weighted by Crippen LogP contribution is -2.11. The molecule has 0 fully saturated rings. The molecule has 1 atom stereocenters. The van der Waals surface area contributed by atoms with E-state index in [1.165, 1.54) is 12.1 Å². The van der Waals surface area contributed by atoms with Gasteiger partial charge >= 0.3 is 0 Å². The average Bonchev–Trinajstić information content (AvgIpc) is 2.81. The third-order valence-corrected chi connectivity index (χ3v) is 3.24. The zero-order chi connectivity index (χ0) is 13.8. The Bertz CT molecular complexity index is 551. The molecule has 0 saturated carbocycles. The highest BCUT2D eigenvalue weighted by atomic mass is 19.1. The molecule has 1 aromatic heterocycles. The summed E-state index contributed by atoms with van der Waals surface area (Å²) < 4.78 is 14.9. The summed E-state index contributed by atoms with van der Waals surface area (Å²) in [6.45, 7) is 4.72. The van der Waals surface area contributed by atoms with Crippen molar-refractivity contribution >= 4 is 0 Å². The summed E-state index contributed by atoms with van der Waals surface area (Å²) in [5.74, 6) is -0.244. The third-order valence-electron chi connectivity index (χ3n) is 3.24. The van der Waals surface area contributed by atoms with E-state index in [9.17, 15) is 9.50 Å². The van der Waals surface area contributed by atoms with Crippen LogP contribution < -0.4 is 0 Å². The number of aromatic nitrogens is 2. The number of aliphatic hydroxyl groups is 1. The first-order valence-electron chi connectivity index (χ1n) is 6.56. The second-order valence-electron chi connectivity index (χ2n) is 4.77. The van der Waals surface area contributed by atoms with Gasteiger partial charge in [-0.15, -0.1) is 0 Å². The zero-order valence-electron chi connectivity index (χ0n) is 11.3. The molecule has 1 N–H and O–H groups in total. The van der Waals surface area contributed by atoms with Crippen LogP contribution in [0.1, 0.15) is 36.3 Å². The molecule has 19 heavy (non-hydrogen) atoms. The molecule has 0 bridgehead atoms. The minimum absolute atomic E-state index is 0.244. The minimum atomic E-state index is -0.613. The van der Waals surface area contributed by atoms with Crippen molar-refractivity contribution in [2.75, 3.05) is 0 Å². The maximum atomic E-state index is 13.0. The van der Waals surface area contributed by atoms with Crippen LogP contribution in [0.25, 0.3) is 0 Å². The monoisotopic (exact) mass is 262 g/mol. The molecule has 0 saturated heterocycles. The zero-order valence-corrected chi connectivity index (χ0v) is 11.3. The summed E-state index contributed by atoms with van der Waals surface area (Å²) in [7, 11) is 0. The van der Waals surface area contributed by atoms with Gasteiger partial charge in [0.05, 0.1) is 11.8 Å². The van der Waals surface area contributed by atoms with Gasteiger partial charge in [-0.25, -0.2) is 4.39 Å². The van der Waals surface area contributed by atoms with Gasteiger partial charge in [0.2, 0.25) is 0 Å². The summed E-state index contributed by atoms with van der Waals surface area (Å²) in [6.07, 6.45) is 2.53. The van der Waals surface area contributed by atoms with Crippen molar-refractivity contribution in [3.63, 3.8) is 0 Å². The predicted molar refractivity (Wildman–Crippen MR) is 72.3 cm³/mol. The number of hydrogen-bond acceptors (Lipinski definition) is 2. The summed E-state index contributed by atoms with van der Waals surface area (Å²) in [6, 6.07) is 6.48. The fourth-order valence-electron chi connectivity index (χ4n) is 2.23. The molecule has 1 aromatic carbocycles. The maximum absolute atomic E-state index is 13.0. The van der Waals surface area contributed by atoms with Gasteiger partial charge in [-0.2, -0.15) is 5.10 Å². The van der Waals surface area contributed by atoms with Gasteiger partial charge in [-0.3, -0.25) is 4.68 Å². The van der Waals surface area contributed by atoms with Crippen LogP contribution in [-0.4, -0.2) is 14.9 Å². The normalized spacial score (nSPS) is 12.6. The van der Waals surface area contributed by atoms with Crippen LogP contribution in [0, 0.1) is 12.7 Å². The minimum Gasteiger partial charge on any atom is -0.386 e. The molecule has 0 amide bonds. The van der Waals surface area contributed by atoms with Gasteiger partial charge in [0, 0.05) is 19.2 Å². The Labute approximate surface area is 112 Å². The van der Waals surface area contributed by atoms with E-state index in [2.05, 4.69) is 12.0 Å². The van der Waals surface area contributed by atoms with Crippen LogP contribution in [0.15, 0.2) is 30.5 Å². The summed E-state index contributed by atoms with van der Waals surface area (Å²) in [4.78, 5) is 0. The molecule has 0 spiro atoms. The Morgan fingerprint density at radius 2 is 2.16 bits per heavy atom. The molecule has 1 unspecified atom stereocenters. The second kappa shape index (κ2) is 5.97. The van der Waals surface area contributed by atoms with Crippen LogP contribution >= 0.6 is 0 Å². The van der Waals surface area contributed by atoms with Crippen LogP contribution in [0.2, 0.25) is 0 Å². The second-order valence-corrected chi connectivity index (χ2v) is 4.77. The van der Waals surface area contributed by atoms with E-state index in [0.717, 1.165) is 29.8 Å². The Hall–Kier alpha value is -1.68. The lowest BCUT2D eigenvalue weighted by atomic mass is 10.0. The highest BCUT2D eigenvalue weighted by Crippen LogP contribution is 2.21. The van der Waals surface area contributed by atoms with Crippen molar-refractivity contribution in [1.82, 2.24) is 9.78 Å². The lowest BCUT2D eigenvalue weighted by molar-refractivity contribution is 0.166. The van der Waals surface area contributed by atoms with E-state index in [4.69, 9.17) is 0 Å². The molecule has 1 heterocycles. The number of hydrogen-bond donors (Lipinski definition) is 1. The third kappa shape index (κ3) is 3.20. The van der Waals surface area contributed by atoms with Crippen molar-refractivity contribution in [3.8, 4) is 0 Å². The predicted octanol–water partition coefficient (Wildman–Crippen LogP) is 3.02. The van der Waals surface area contributed by atoms with Crippen LogP contribution in [0.4, 0.5) is 4.39 Å². The number of nitrogens with zero attached hydrogens (tertiary/aromatic N) is 2. The van der Waals surface area contributed by atoms with E-state index in [1.807, 2.05) is 17.7 Å². The smallest absolute Gasteiger partial charge is 0.123 e. The number of rotatable bonds is 5. The van der Waals surface area contributed by atoms with Gasteiger partial charge in [-0.05, 0) is 42.7 Å². The summed E-state index contributed by atoms with van der Waals surface area (Å²) in [5.41, 5.74) is 2.63. The Morgan fingerprint density at radius 3 is 2.84 bits per heavy atom. The Balaban J connectivity index is 2.16. The highest BCUT2D eigenvalue weighted by Gasteiger charge is 2.14. The fourth-order valence-corrected chi connectivity index (χ4v) is 2.23. The van der Waals surface area contributed by atoms with E-state index in [1.54, 1.807) is 12.3 Å². The van der Waals surface area contributed by atoms with Crippen LogP contribution in [0.5, 0.6) is 0 Å². The molecule has 4 heteroatoms. The van der Waals surface area contributed by atoms with E-state index < -0.39 is 6.10 Å². The molecule has 0 aliphatic heterocycles. The molecule has 102 valence electrons. The Morgan fingerprint density at radius 1 is 1.37 bits per heavy atom. The van der Waals surface area contributed by atoms with E-state index in [0.29, 0.717) is 6.42 Å². The summed E-state index contributed by atoms with van der Waals surface area (Å²) in [5, 5.41) is 14.5. The van der Waals surface area contributed by atoms with Gasteiger partial charge in [0.15, 0.2) is 0 Å².